The van der Waals surface area contributed by atoms with Gasteiger partial charge >= 0.3 is 0 Å². The molecule has 12 heteroatoms. The van der Waals surface area contributed by atoms with Crippen LogP contribution < -0.4 is 11.2 Å². The number of anilines is 1. The Kier molecular flexibility index (Phi) is 6.22. The Labute approximate surface area is 187 Å². The lowest BCUT2D eigenvalue weighted by Gasteiger charge is -2.06. The Morgan fingerprint density at radius 2 is 1.94 bits per heavy atom. The molecule has 1 aromatic carbocycles. The number of rotatable bonds is 7. The first-order chi connectivity index (χ1) is 15.5. The van der Waals surface area contributed by atoms with E-state index in [0.717, 1.165) is 16.0 Å². The number of nitrogens with two attached hydrogens (primary N) is 1. The van der Waals surface area contributed by atoms with Crippen molar-refractivity contribution in [2.45, 2.75) is 24.5 Å². The van der Waals surface area contributed by atoms with Crippen LogP contribution in [-0.4, -0.2) is 41.9 Å². The van der Waals surface area contributed by atoms with E-state index in [2.05, 4.69) is 40.8 Å². The van der Waals surface area contributed by atoms with Gasteiger partial charge in [-0.05, 0) is 48.4 Å². The molecule has 0 saturated carbocycles. The van der Waals surface area contributed by atoms with Crippen LogP contribution in [0.2, 0.25) is 0 Å². The van der Waals surface area contributed by atoms with Crippen LogP contribution in [0.1, 0.15) is 34.2 Å². The minimum Gasteiger partial charge on any atom is -0.378 e. The van der Waals surface area contributed by atoms with Gasteiger partial charge < -0.3 is 5.73 Å². The maximum atomic E-state index is 12.9. The lowest BCUT2D eigenvalue weighted by Crippen LogP contribution is -2.21. The van der Waals surface area contributed by atoms with E-state index in [1.165, 1.54) is 16.4 Å². The van der Waals surface area contributed by atoms with Crippen molar-refractivity contribution in [2.24, 2.45) is 5.10 Å². The molecule has 0 aliphatic heterocycles. The maximum Gasteiger partial charge on any atom is 0.293 e. The zero-order valence-electron chi connectivity index (χ0n) is 17.3. The van der Waals surface area contributed by atoms with Gasteiger partial charge in [0.2, 0.25) is 11.6 Å². The summed E-state index contributed by atoms with van der Waals surface area (Å²) in [5.41, 5.74) is 11.5. The van der Waals surface area contributed by atoms with Crippen LogP contribution in [0.5, 0.6) is 0 Å². The average Bonchev–Trinajstić information content (AvgIpc) is 3.43. The van der Waals surface area contributed by atoms with Gasteiger partial charge in [0.05, 0.1) is 11.4 Å². The van der Waals surface area contributed by atoms with Crippen LogP contribution in [0.15, 0.2) is 63.4 Å². The van der Waals surface area contributed by atoms with Crippen LogP contribution in [0.4, 0.5) is 5.82 Å². The molecule has 0 fully saturated rings. The minimum atomic E-state index is -0.515. The highest BCUT2D eigenvalue weighted by Gasteiger charge is 2.24. The Bertz CT molecular complexity index is 1250. The number of carbonyl (C=O) groups excluding carboxylic acids is 1. The molecule has 4 aromatic rings. The van der Waals surface area contributed by atoms with E-state index in [9.17, 15) is 4.79 Å². The number of pyridine rings is 1. The number of amides is 1. The quantitative estimate of drug-likeness (QED) is 0.246. The summed E-state index contributed by atoms with van der Waals surface area (Å²) in [6.07, 6.45) is 3.30. The van der Waals surface area contributed by atoms with Crippen molar-refractivity contribution in [3.05, 3.63) is 71.3 Å². The molecule has 0 bridgehead atoms. The number of nitrogens with one attached hydrogen (secondary N) is 1. The van der Waals surface area contributed by atoms with E-state index in [0.29, 0.717) is 17.2 Å². The van der Waals surface area contributed by atoms with Gasteiger partial charge in [0.15, 0.2) is 5.69 Å². The predicted octanol–water partition coefficient (Wildman–Crippen LogP) is 2.38. The van der Waals surface area contributed by atoms with Crippen LogP contribution in [0, 0.1) is 6.92 Å². The second kappa shape index (κ2) is 9.39. The Morgan fingerprint density at radius 3 is 2.62 bits per heavy atom. The van der Waals surface area contributed by atoms with E-state index in [1.807, 2.05) is 31.2 Å². The monoisotopic (exact) mass is 449 g/mol. The summed E-state index contributed by atoms with van der Waals surface area (Å²) >= 11 is 1.51. The maximum absolute atomic E-state index is 12.9. The zero-order valence-corrected chi connectivity index (χ0v) is 18.1. The standard InChI is InChI=1S/C20H19N9O2S/c1-12-3-5-15(6-4-12)32-11-16-17(24-28-29(16)19-18(21)26-31-27-19)20(30)25-23-13(2)14-7-9-22-10-8-14/h3-10H,11H2,1-2H3,(H2,21,26)(H,25,30). The van der Waals surface area contributed by atoms with Gasteiger partial charge in [-0.1, -0.05) is 22.9 Å². The molecule has 4 rings (SSSR count). The molecule has 0 unspecified atom stereocenters. The summed E-state index contributed by atoms with van der Waals surface area (Å²) in [5, 5.41) is 19.6. The summed E-state index contributed by atoms with van der Waals surface area (Å²) < 4.78 is 6.03. The Hall–Kier alpha value is -4.06. The molecular formula is C20H19N9O2S. The number of benzene rings is 1. The molecule has 0 saturated heterocycles. The van der Waals surface area contributed by atoms with E-state index >= 15 is 0 Å². The number of carbonyl (C=O) groups is 1. The van der Waals surface area contributed by atoms with Gasteiger partial charge in [-0.15, -0.1) is 16.9 Å². The first-order valence-corrected chi connectivity index (χ1v) is 10.5. The molecule has 3 heterocycles. The van der Waals surface area contributed by atoms with Crippen LogP contribution in [-0.2, 0) is 5.75 Å². The molecule has 3 aromatic heterocycles. The zero-order chi connectivity index (χ0) is 22.5. The summed E-state index contributed by atoms with van der Waals surface area (Å²) in [6, 6.07) is 11.6. The normalized spacial score (nSPS) is 11.5. The van der Waals surface area contributed by atoms with Crippen LogP contribution >= 0.6 is 11.8 Å². The number of hydrogen-bond donors (Lipinski definition) is 2. The fraction of sp³-hybridized carbons (Fsp3) is 0.150. The number of thioether (sulfide) groups is 1. The van der Waals surface area contributed by atoms with Gasteiger partial charge in [0.25, 0.3) is 5.91 Å². The molecule has 1 amide bonds. The number of hydrazone groups is 1. The molecule has 0 aliphatic carbocycles. The van der Waals surface area contributed by atoms with Crippen molar-refractivity contribution < 1.29 is 9.42 Å². The van der Waals surface area contributed by atoms with E-state index in [-0.39, 0.29) is 17.3 Å². The SMILES string of the molecule is CC(=NNC(=O)c1nnn(-c2nonc2N)c1CSc1ccc(C)cc1)c1ccncc1. The second-order valence-electron chi connectivity index (χ2n) is 6.75. The molecule has 0 aliphatic rings. The van der Waals surface area contributed by atoms with Crippen LogP contribution in [0.25, 0.3) is 5.82 Å². The largest absolute Gasteiger partial charge is 0.378 e. The topological polar surface area (TPSA) is 150 Å². The molecule has 0 radical (unpaired) electrons. The summed E-state index contributed by atoms with van der Waals surface area (Å²) in [4.78, 5) is 17.9. The van der Waals surface area contributed by atoms with Gasteiger partial charge in [-0.3, -0.25) is 9.78 Å². The smallest absolute Gasteiger partial charge is 0.293 e. The van der Waals surface area contributed by atoms with E-state index < -0.39 is 5.91 Å². The predicted molar refractivity (Wildman–Crippen MR) is 118 cm³/mol. The van der Waals surface area contributed by atoms with Crippen molar-refractivity contribution in [1.29, 1.82) is 0 Å². The lowest BCUT2D eigenvalue weighted by molar-refractivity contribution is 0.0949. The molecule has 162 valence electrons. The third kappa shape index (κ3) is 4.64. The van der Waals surface area contributed by atoms with Crippen LogP contribution in [0.3, 0.4) is 0 Å². The van der Waals surface area contributed by atoms with Crippen molar-refractivity contribution in [3.8, 4) is 5.82 Å². The molecule has 0 spiro atoms. The third-order valence-corrected chi connectivity index (χ3v) is 5.52. The second-order valence-corrected chi connectivity index (χ2v) is 7.79. The molecule has 11 nitrogen and oxygen atoms in total. The average molecular weight is 450 g/mol. The van der Waals surface area contributed by atoms with Gasteiger partial charge in [-0.25, -0.2) is 10.1 Å². The molecule has 3 N–H and O–H groups in total. The Morgan fingerprint density at radius 1 is 1.19 bits per heavy atom. The minimum absolute atomic E-state index is 0.0370. The van der Waals surface area contributed by atoms with E-state index in [4.69, 9.17) is 5.73 Å². The van der Waals surface area contributed by atoms with Crippen molar-refractivity contribution in [3.63, 3.8) is 0 Å². The van der Waals surface area contributed by atoms with E-state index in [1.54, 1.807) is 31.5 Å². The first kappa shape index (κ1) is 21.2. The van der Waals surface area contributed by atoms with Gasteiger partial charge in [-0.2, -0.15) is 9.78 Å². The number of aryl methyl sites for hydroxylation is 1. The van der Waals surface area contributed by atoms with Crippen molar-refractivity contribution in [2.75, 3.05) is 5.73 Å². The summed E-state index contributed by atoms with van der Waals surface area (Å²) in [5.74, 6) is 0.0553. The number of nitrogen functional groups attached to an aromatic ring is 1. The fourth-order valence-electron chi connectivity index (χ4n) is 2.75. The molecule has 32 heavy (non-hydrogen) atoms. The van der Waals surface area contributed by atoms with Gasteiger partial charge in [0.1, 0.15) is 0 Å². The lowest BCUT2D eigenvalue weighted by atomic mass is 10.2. The number of aromatic nitrogens is 6. The molecule has 0 atom stereocenters. The Balaban J connectivity index is 1.60. The number of hydrogen-bond acceptors (Lipinski definition) is 10. The highest BCUT2D eigenvalue weighted by Crippen LogP contribution is 2.26. The summed E-state index contributed by atoms with van der Waals surface area (Å²) in [7, 11) is 0. The number of nitrogens with zero attached hydrogens (tertiary/aromatic N) is 7. The molecular weight excluding hydrogens is 430 g/mol. The van der Waals surface area contributed by atoms with Crippen molar-refractivity contribution in [1.82, 2.24) is 35.7 Å². The highest BCUT2D eigenvalue weighted by atomic mass is 32.2. The summed E-state index contributed by atoms with van der Waals surface area (Å²) in [6.45, 7) is 3.80. The van der Waals surface area contributed by atoms with Gasteiger partial charge in [0, 0.05) is 28.6 Å². The third-order valence-electron chi connectivity index (χ3n) is 4.49. The first-order valence-electron chi connectivity index (χ1n) is 9.50. The van der Waals surface area contributed by atoms with Crippen molar-refractivity contribution >= 4 is 29.2 Å². The fourth-order valence-corrected chi connectivity index (χ4v) is 3.64. The highest BCUT2D eigenvalue weighted by molar-refractivity contribution is 7.98.